The SMILES string of the molecule is FC(F)c1noc(CN2Cc3ncccc3N3CCC[C@H]3C2)n1. The maximum atomic E-state index is 12.6. The predicted molar refractivity (Wildman–Crippen MR) is 78.0 cm³/mol. The van der Waals surface area contributed by atoms with Crippen molar-refractivity contribution in [3.63, 3.8) is 0 Å². The molecule has 0 N–H and O–H groups in total. The van der Waals surface area contributed by atoms with Crippen molar-refractivity contribution in [2.75, 3.05) is 18.0 Å². The zero-order valence-corrected chi connectivity index (χ0v) is 12.5. The van der Waals surface area contributed by atoms with Crippen LogP contribution < -0.4 is 4.90 Å². The van der Waals surface area contributed by atoms with Crippen molar-refractivity contribution in [2.45, 2.75) is 38.4 Å². The average Bonchev–Trinajstić information content (AvgIpc) is 3.15. The van der Waals surface area contributed by atoms with E-state index in [1.54, 1.807) is 6.20 Å². The summed E-state index contributed by atoms with van der Waals surface area (Å²) in [4.78, 5) is 12.8. The maximum Gasteiger partial charge on any atom is 0.300 e. The van der Waals surface area contributed by atoms with Crippen LogP contribution >= 0.6 is 0 Å². The Kier molecular flexibility index (Phi) is 3.68. The molecule has 0 bridgehead atoms. The van der Waals surface area contributed by atoms with Crippen LogP contribution in [0.4, 0.5) is 14.5 Å². The highest BCUT2D eigenvalue weighted by molar-refractivity contribution is 5.53. The smallest absolute Gasteiger partial charge is 0.300 e. The Morgan fingerprint density at radius 1 is 1.39 bits per heavy atom. The minimum absolute atomic E-state index is 0.226. The van der Waals surface area contributed by atoms with Crippen LogP contribution in [-0.4, -0.2) is 39.2 Å². The topological polar surface area (TPSA) is 58.3 Å². The molecule has 2 aliphatic heterocycles. The molecule has 23 heavy (non-hydrogen) atoms. The number of alkyl halides is 2. The first-order valence-corrected chi connectivity index (χ1v) is 7.74. The van der Waals surface area contributed by atoms with E-state index in [0.29, 0.717) is 19.1 Å². The lowest BCUT2D eigenvalue weighted by atomic mass is 10.2. The van der Waals surface area contributed by atoms with Crippen LogP contribution in [0, 0.1) is 0 Å². The van der Waals surface area contributed by atoms with Crippen molar-refractivity contribution in [1.82, 2.24) is 20.0 Å². The van der Waals surface area contributed by atoms with Crippen molar-refractivity contribution in [2.24, 2.45) is 0 Å². The Morgan fingerprint density at radius 2 is 2.30 bits per heavy atom. The molecule has 6 nitrogen and oxygen atoms in total. The number of hydrogen-bond donors (Lipinski definition) is 0. The highest BCUT2D eigenvalue weighted by Gasteiger charge is 2.32. The van der Waals surface area contributed by atoms with E-state index in [2.05, 4.69) is 31.0 Å². The van der Waals surface area contributed by atoms with Crippen molar-refractivity contribution in [1.29, 1.82) is 0 Å². The van der Waals surface area contributed by atoms with Gasteiger partial charge in [0.1, 0.15) is 0 Å². The van der Waals surface area contributed by atoms with E-state index in [-0.39, 0.29) is 5.89 Å². The minimum atomic E-state index is -2.70. The van der Waals surface area contributed by atoms with Crippen LogP contribution in [0.3, 0.4) is 0 Å². The monoisotopic (exact) mass is 321 g/mol. The quantitative estimate of drug-likeness (QED) is 0.865. The summed E-state index contributed by atoms with van der Waals surface area (Å²) in [7, 11) is 0. The van der Waals surface area contributed by atoms with Crippen LogP contribution in [0.15, 0.2) is 22.9 Å². The molecule has 1 fully saturated rings. The first-order chi connectivity index (χ1) is 11.2. The van der Waals surface area contributed by atoms with Gasteiger partial charge in [0.15, 0.2) is 0 Å². The second-order valence-corrected chi connectivity index (χ2v) is 5.98. The van der Waals surface area contributed by atoms with Crippen molar-refractivity contribution in [3.05, 3.63) is 35.7 Å². The van der Waals surface area contributed by atoms with Gasteiger partial charge in [-0.25, -0.2) is 8.78 Å². The maximum absolute atomic E-state index is 12.6. The second kappa shape index (κ2) is 5.84. The Bertz CT molecular complexity index is 692. The molecule has 0 aromatic carbocycles. The molecule has 0 radical (unpaired) electrons. The van der Waals surface area contributed by atoms with Crippen LogP contribution in [0.1, 0.15) is 36.7 Å². The molecule has 0 saturated carbocycles. The number of halogens is 2. The molecule has 4 heterocycles. The third-order valence-corrected chi connectivity index (χ3v) is 4.43. The lowest BCUT2D eigenvalue weighted by Crippen LogP contribution is -2.37. The van der Waals surface area contributed by atoms with Gasteiger partial charge in [0, 0.05) is 31.9 Å². The lowest BCUT2D eigenvalue weighted by Gasteiger charge is -2.26. The van der Waals surface area contributed by atoms with Gasteiger partial charge < -0.3 is 9.42 Å². The summed E-state index contributed by atoms with van der Waals surface area (Å²) < 4.78 is 30.1. The van der Waals surface area contributed by atoms with E-state index in [1.807, 2.05) is 6.07 Å². The van der Waals surface area contributed by atoms with E-state index >= 15 is 0 Å². The fourth-order valence-electron chi connectivity index (χ4n) is 3.46. The van der Waals surface area contributed by atoms with Crippen molar-refractivity contribution >= 4 is 5.69 Å². The van der Waals surface area contributed by atoms with Gasteiger partial charge in [-0.05, 0) is 25.0 Å². The predicted octanol–water partition coefficient (Wildman–Crippen LogP) is 2.39. The standard InChI is InChI=1S/C15H17F2N5O/c16-14(17)15-19-13(23-20-15)9-21-7-10-3-2-6-22(10)12-4-1-5-18-11(12)8-21/h1,4-5,10,14H,2-3,6-9H2/t10-/m0/s1. The molecular formula is C15H17F2N5O. The summed E-state index contributed by atoms with van der Waals surface area (Å²) >= 11 is 0. The molecular weight excluding hydrogens is 304 g/mol. The second-order valence-electron chi connectivity index (χ2n) is 5.98. The van der Waals surface area contributed by atoms with Crippen molar-refractivity contribution in [3.8, 4) is 0 Å². The lowest BCUT2D eigenvalue weighted by molar-refractivity contribution is 0.136. The number of anilines is 1. The highest BCUT2D eigenvalue weighted by Crippen LogP contribution is 2.32. The summed E-state index contributed by atoms with van der Waals surface area (Å²) in [5.74, 6) is -0.319. The molecule has 122 valence electrons. The molecule has 0 unspecified atom stereocenters. The molecule has 0 spiro atoms. The zero-order chi connectivity index (χ0) is 15.8. The molecule has 4 rings (SSSR count). The minimum Gasteiger partial charge on any atom is -0.366 e. The van der Waals surface area contributed by atoms with Gasteiger partial charge in [-0.2, -0.15) is 4.98 Å². The van der Waals surface area contributed by atoms with Gasteiger partial charge in [0.2, 0.25) is 11.7 Å². The van der Waals surface area contributed by atoms with Gasteiger partial charge in [0.05, 0.1) is 17.9 Å². The largest absolute Gasteiger partial charge is 0.366 e. The Balaban J connectivity index is 1.57. The third kappa shape index (κ3) is 2.78. The molecule has 2 aromatic rings. The molecule has 2 aromatic heterocycles. The Labute approximate surface area is 132 Å². The third-order valence-electron chi connectivity index (χ3n) is 4.43. The van der Waals surface area contributed by atoms with Gasteiger partial charge >= 0.3 is 6.43 Å². The van der Waals surface area contributed by atoms with Crippen molar-refractivity contribution < 1.29 is 13.3 Å². The summed E-state index contributed by atoms with van der Waals surface area (Å²) in [6.45, 7) is 2.88. The van der Waals surface area contributed by atoms with E-state index < -0.39 is 12.2 Å². The zero-order valence-electron chi connectivity index (χ0n) is 12.5. The first-order valence-electron chi connectivity index (χ1n) is 7.74. The first kappa shape index (κ1) is 14.5. The normalized spacial score (nSPS) is 21.3. The van der Waals surface area contributed by atoms with Gasteiger partial charge in [-0.15, -0.1) is 0 Å². The average molecular weight is 321 g/mol. The summed E-state index contributed by atoms with van der Waals surface area (Å²) in [5.41, 5.74) is 2.18. The van der Waals surface area contributed by atoms with E-state index in [9.17, 15) is 8.78 Å². The molecule has 1 saturated heterocycles. The highest BCUT2D eigenvalue weighted by atomic mass is 19.3. The van der Waals surface area contributed by atoms with E-state index in [1.165, 1.54) is 5.69 Å². The number of hydrogen-bond acceptors (Lipinski definition) is 6. The van der Waals surface area contributed by atoms with Gasteiger partial charge in [-0.3, -0.25) is 9.88 Å². The molecule has 0 amide bonds. The van der Waals surface area contributed by atoms with E-state index in [0.717, 1.165) is 31.6 Å². The fraction of sp³-hybridized carbons (Fsp3) is 0.533. The number of pyridine rings is 1. The van der Waals surface area contributed by atoms with Crippen LogP contribution in [0.5, 0.6) is 0 Å². The molecule has 1 atom stereocenters. The molecule has 2 aliphatic rings. The van der Waals surface area contributed by atoms with Crippen LogP contribution in [-0.2, 0) is 13.1 Å². The fourth-order valence-corrected chi connectivity index (χ4v) is 3.46. The Hall–Kier alpha value is -2.09. The summed E-state index contributed by atoms with van der Waals surface area (Å²) in [6.07, 6.45) is 1.36. The number of nitrogens with zero attached hydrogens (tertiary/aromatic N) is 5. The molecule has 8 heteroatoms. The number of fused-ring (bicyclic) bond motifs is 3. The number of aromatic nitrogens is 3. The Morgan fingerprint density at radius 3 is 3.13 bits per heavy atom. The number of rotatable bonds is 3. The van der Waals surface area contributed by atoms with Gasteiger partial charge in [-0.1, -0.05) is 5.16 Å². The van der Waals surface area contributed by atoms with Crippen LogP contribution in [0.25, 0.3) is 0 Å². The molecule has 0 aliphatic carbocycles. The van der Waals surface area contributed by atoms with E-state index in [4.69, 9.17) is 4.52 Å². The van der Waals surface area contributed by atoms with Gasteiger partial charge in [0.25, 0.3) is 0 Å². The van der Waals surface area contributed by atoms with Crippen LogP contribution in [0.2, 0.25) is 0 Å². The summed E-state index contributed by atoms with van der Waals surface area (Å²) in [5, 5.41) is 3.33. The summed E-state index contributed by atoms with van der Waals surface area (Å²) in [6, 6.07) is 4.47.